The number of hydrogen-bond acceptors (Lipinski definition) is 4. The van der Waals surface area contributed by atoms with E-state index in [9.17, 15) is 14.9 Å². The summed E-state index contributed by atoms with van der Waals surface area (Å²) < 4.78 is 1.60. The molecule has 0 saturated heterocycles. The number of para-hydroxylation sites is 1. The maximum Gasteiger partial charge on any atom is 0.270 e. The van der Waals surface area contributed by atoms with Crippen LogP contribution in [0.3, 0.4) is 0 Å². The Morgan fingerprint density at radius 2 is 1.53 bits per heavy atom. The Morgan fingerprint density at radius 1 is 0.812 bits per heavy atom. The molecule has 0 bridgehead atoms. The maximum atomic E-state index is 13.5. The van der Waals surface area contributed by atoms with Crippen molar-refractivity contribution in [3.63, 3.8) is 0 Å². The number of nitrogens with zero attached hydrogens (tertiary/aromatic N) is 3. The van der Waals surface area contributed by atoms with Crippen LogP contribution in [-0.4, -0.2) is 14.5 Å². The van der Waals surface area contributed by atoms with Crippen LogP contribution in [0.1, 0.15) is 11.4 Å². The zero-order valence-electron chi connectivity index (χ0n) is 16.9. The molecule has 0 aliphatic carbocycles. The van der Waals surface area contributed by atoms with E-state index in [4.69, 9.17) is 4.98 Å². The molecule has 0 unspecified atom stereocenters. The molecule has 5 aromatic rings. The number of rotatable bonds is 4. The van der Waals surface area contributed by atoms with Gasteiger partial charge in [-0.2, -0.15) is 0 Å². The summed E-state index contributed by atoms with van der Waals surface area (Å²) in [6, 6.07) is 27.2. The van der Waals surface area contributed by atoms with Crippen LogP contribution in [0.15, 0.2) is 95.8 Å². The number of nitro benzene ring substituents is 1. The predicted octanol–water partition coefficient (Wildman–Crippen LogP) is 5.62. The van der Waals surface area contributed by atoms with E-state index in [0.717, 1.165) is 16.5 Å². The summed E-state index contributed by atoms with van der Waals surface area (Å²) in [6.45, 7) is 0. The first kappa shape index (κ1) is 19.4. The van der Waals surface area contributed by atoms with Gasteiger partial charge >= 0.3 is 0 Å². The number of non-ortho nitro benzene ring substituents is 1. The highest BCUT2D eigenvalue weighted by molar-refractivity contribution is 5.91. The molecule has 0 aliphatic rings. The molecule has 0 fully saturated rings. The van der Waals surface area contributed by atoms with E-state index >= 15 is 0 Å². The summed E-state index contributed by atoms with van der Waals surface area (Å²) >= 11 is 0. The van der Waals surface area contributed by atoms with Gasteiger partial charge in [-0.1, -0.05) is 66.7 Å². The summed E-state index contributed by atoms with van der Waals surface area (Å²) in [4.78, 5) is 29.0. The van der Waals surface area contributed by atoms with Crippen molar-refractivity contribution < 1.29 is 4.92 Å². The first-order chi connectivity index (χ1) is 15.6. The molecule has 5 rings (SSSR count). The van der Waals surface area contributed by atoms with Crippen molar-refractivity contribution in [3.8, 4) is 5.69 Å². The minimum absolute atomic E-state index is 0.00469. The molecule has 0 atom stereocenters. The first-order valence-corrected chi connectivity index (χ1v) is 10.0. The van der Waals surface area contributed by atoms with Crippen LogP contribution < -0.4 is 5.56 Å². The van der Waals surface area contributed by atoms with Crippen molar-refractivity contribution >= 4 is 39.5 Å². The molecular formula is C26H17N3O3. The van der Waals surface area contributed by atoms with Gasteiger partial charge in [-0.05, 0) is 35.2 Å². The Balaban J connectivity index is 1.76. The minimum atomic E-state index is -0.433. The van der Waals surface area contributed by atoms with Crippen LogP contribution in [0, 0.1) is 10.1 Å². The largest absolute Gasteiger partial charge is 0.270 e. The smallest absolute Gasteiger partial charge is 0.268 e. The molecule has 0 amide bonds. The van der Waals surface area contributed by atoms with E-state index in [0.29, 0.717) is 22.3 Å². The lowest BCUT2D eigenvalue weighted by Crippen LogP contribution is -2.22. The average Bonchev–Trinajstić information content (AvgIpc) is 2.83. The fourth-order valence-electron chi connectivity index (χ4n) is 3.81. The van der Waals surface area contributed by atoms with Gasteiger partial charge in [0, 0.05) is 17.5 Å². The summed E-state index contributed by atoms with van der Waals surface area (Å²) in [6.07, 6.45) is 3.44. The zero-order chi connectivity index (χ0) is 22.1. The molecule has 0 radical (unpaired) electrons. The highest BCUT2D eigenvalue weighted by atomic mass is 16.6. The van der Waals surface area contributed by atoms with Gasteiger partial charge in [0.2, 0.25) is 0 Å². The standard InChI is InChI=1S/C26H17N3O3/c30-26-22-12-3-4-13-23(22)27-25(16-15-18-7-5-10-20(17-18)29(31)32)28(26)24-14-6-9-19-8-1-2-11-21(19)24/h1-17H. The second kappa shape index (κ2) is 7.92. The molecule has 0 N–H and O–H groups in total. The normalized spacial score (nSPS) is 11.4. The van der Waals surface area contributed by atoms with Crippen molar-refractivity contribution in [1.82, 2.24) is 9.55 Å². The van der Waals surface area contributed by atoms with Gasteiger partial charge in [0.05, 0.1) is 21.5 Å². The van der Waals surface area contributed by atoms with E-state index in [2.05, 4.69) is 0 Å². The molecule has 154 valence electrons. The lowest BCUT2D eigenvalue weighted by atomic mass is 10.1. The monoisotopic (exact) mass is 419 g/mol. The topological polar surface area (TPSA) is 78.0 Å². The van der Waals surface area contributed by atoms with Gasteiger partial charge < -0.3 is 0 Å². The van der Waals surface area contributed by atoms with Crippen LogP contribution in [-0.2, 0) is 0 Å². The number of nitro groups is 1. The Bertz CT molecular complexity index is 1580. The SMILES string of the molecule is O=c1c2ccccc2nc(C=Cc2cccc([N+](=O)[O-])c2)n1-c1cccc2ccccc12. The van der Waals surface area contributed by atoms with Crippen molar-refractivity contribution in [2.24, 2.45) is 0 Å². The first-order valence-electron chi connectivity index (χ1n) is 10.0. The average molecular weight is 419 g/mol. The van der Waals surface area contributed by atoms with Crippen LogP contribution in [0.4, 0.5) is 5.69 Å². The zero-order valence-corrected chi connectivity index (χ0v) is 16.9. The van der Waals surface area contributed by atoms with Crippen LogP contribution >= 0.6 is 0 Å². The third-order valence-corrected chi connectivity index (χ3v) is 5.32. The number of hydrogen-bond donors (Lipinski definition) is 0. The van der Waals surface area contributed by atoms with E-state index in [-0.39, 0.29) is 11.2 Å². The minimum Gasteiger partial charge on any atom is -0.268 e. The molecule has 0 saturated carbocycles. The summed E-state index contributed by atoms with van der Waals surface area (Å²) in [7, 11) is 0. The summed E-state index contributed by atoms with van der Waals surface area (Å²) in [5.74, 6) is 0.441. The fraction of sp³-hybridized carbons (Fsp3) is 0. The van der Waals surface area contributed by atoms with Gasteiger partial charge in [0.15, 0.2) is 0 Å². The highest BCUT2D eigenvalue weighted by Crippen LogP contribution is 2.24. The number of benzene rings is 4. The van der Waals surface area contributed by atoms with Crippen molar-refractivity contribution in [2.75, 3.05) is 0 Å². The maximum absolute atomic E-state index is 13.5. The van der Waals surface area contributed by atoms with Crippen molar-refractivity contribution in [2.45, 2.75) is 0 Å². The Hall–Kier alpha value is -4.58. The third kappa shape index (κ3) is 3.44. The molecule has 4 aromatic carbocycles. The quantitative estimate of drug-likeness (QED) is 0.280. The summed E-state index contributed by atoms with van der Waals surface area (Å²) in [5.41, 5.74) is 1.79. The van der Waals surface area contributed by atoms with Crippen molar-refractivity contribution in [3.05, 3.63) is 123 Å². The van der Waals surface area contributed by atoms with E-state index in [1.807, 2.05) is 54.6 Å². The fourth-order valence-corrected chi connectivity index (χ4v) is 3.81. The van der Waals surface area contributed by atoms with Gasteiger partial charge in [-0.3, -0.25) is 19.5 Å². The molecular weight excluding hydrogens is 402 g/mol. The Kier molecular flexibility index (Phi) is 4.80. The Morgan fingerprint density at radius 3 is 2.38 bits per heavy atom. The lowest BCUT2D eigenvalue weighted by Gasteiger charge is -2.14. The van der Waals surface area contributed by atoms with E-state index < -0.39 is 4.92 Å². The third-order valence-electron chi connectivity index (χ3n) is 5.32. The van der Waals surface area contributed by atoms with Gasteiger partial charge in [-0.15, -0.1) is 0 Å². The van der Waals surface area contributed by atoms with Crippen LogP contribution in [0.5, 0.6) is 0 Å². The predicted molar refractivity (Wildman–Crippen MR) is 127 cm³/mol. The van der Waals surface area contributed by atoms with E-state index in [1.54, 1.807) is 41.0 Å². The highest BCUT2D eigenvalue weighted by Gasteiger charge is 2.13. The number of aromatic nitrogens is 2. The van der Waals surface area contributed by atoms with Crippen LogP contribution in [0.2, 0.25) is 0 Å². The van der Waals surface area contributed by atoms with E-state index in [1.165, 1.54) is 12.1 Å². The van der Waals surface area contributed by atoms with Crippen molar-refractivity contribution in [1.29, 1.82) is 0 Å². The molecule has 6 nitrogen and oxygen atoms in total. The molecule has 0 aliphatic heterocycles. The number of fused-ring (bicyclic) bond motifs is 2. The molecule has 32 heavy (non-hydrogen) atoms. The van der Waals surface area contributed by atoms with Crippen LogP contribution in [0.25, 0.3) is 39.5 Å². The van der Waals surface area contributed by atoms with Gasteiger partial charge in [0.1, 0.15) is 5.82 Å². The molecule has 6 heteroatoms. The molecule has 0 spiro atoms. The van der Waals surface area contributed by atoms with Gasteiger partial charge in [0.25, 0.3) is 11.2 Å². The Labute approximate surface area is 182 Å². The van der Waals surface area contributed by atoms with Gasteiger partial charge in [-0.25, -0.2) is 4.98 Å². The molecule has 1 aromatic heterocycles. The lowest BCUT2D eigenvalue weighted by molar-refractivity contribution is -0.384. The molecule has 1 heterocycles. The summed E-state index contributed by atoms with van der Waals surface area (Å²) in [5, 5.41) is 13.6. The second-order valence-corrected chi connectivity index (χ2v) is 7.31. The second-order valence-electron chi connectivity index (χ2n) is 7.31.